The van der Waals surface area contributed by atoms with Crippen molar-refractivity contribution in [3.05, 3.63) is 45.2 Å². The Morgan fingerprint density at radius 1 is 1.18 bits per heavy atom. The number of aromatic hydroxyl groups is 1. The molecule has 0 spiro atoms. The first-order chi connectivity index (χ1) is 20.8. The Hall–Kier alpha value is -3.95. The summed E-state index contributed by atoms with van der Waals surface area (Å²) < 4.78 is 14.3. The third-order valence-corrected chi connectivity index (χ3v) is 9.00. The van der Waals surface area contributed by atoms with Crippen molar-refractivity contribution in [1.29, 1.82) is 0 Å². The van der Waals surface area contributed by atoms with Gasteiger partial charge in [0.2, 0.25) is 5.78 Å². The lowest BCUT2D eigenvalue weighted by Gasteiger charge is -2.50. The number of phenolic OH excluding ortho intramolecular Hbond substituents is 1. The van der Waals surface area contributed by atoms with Crippen molar-refractivity contribution >= 4 is 37.4 Å². The summed E-state index contributed by atoms with van der Waals surface area (Å²) in [5, 5.41) is 48.3. The Morgan fingerprint density at radius 2 is 1.82 bits per heavy atom. The van der Waals surface area contributed by atoms with Crippen molar-refractivity contribution in [3.63, 3.8) is 0 Å². The van der Waals surface area contributed by atoms with Gasteiger partial charge in [-0.15, -0.1) is 0 Å². The normalized spacial score (nSPS) is 26.4. The van der Waals surface area contributed by atoms with E-state index in [0.717, 1.165) is 0 Å². The smallest absolute Gasteiger partial charge is 0.350 e. The zero-order valence-corrected chi connectivity index (χ0v) is 24.7. The monoisotopic (exact) mass is 614 g/mol. The van der Waals surface area contributed by atoms with Crippen LogP contribution in [0.15, 0.2) is 23.0 Å². The molecule has 236 valence electrons. The molecule has 0 unspecified atom stereocenters. The molecule has 0 bridgehead atoms. The lowest BCUT2D eigenvalue weighted by molar-refractivity contribution is -0.153. The number of hydrogen-bond donors (Lipinski definition) is 6. The van der Waals surface area contributed by atoms with E-state index in [1.54, 1.807) is 32.0 Å². The fourth-order valence-corrected chi connectivity index (χ4v) is 6.93. The Balaban J connectivity index is 0.00000216. The number of morpholine rings is 1. The number of carbonyl (C=O) groups excluding carboxylic acids is 4. The van der Waals surface area contributed by atoms with Crippen molar-refractivity contribution in [2.24, 2.45) is 17.6 Å². The van der Waals surface area contributed by atoms with Crippen LogP contribution in [0.2, 0.25) is 0 Å². The van der Waals surface area contributed by atoms with Gasteiger partial charge in [-0.1, -0.05) is 13.0 Å². The zero-order valence-electron chi connectivity index (χ0n) is 24.7. The van der Waals surface area contributed by atoms with Gasteiger partial charge in [0.1, 0.15) is 22.8 Å². The predicted molar refractivity (Wildman–Crippen MR) is 155 cm³/mol. The van der Waals surface area contributed by atoms with E-state index in [2.05, 4.69) is 13.4 Å². The van der Waals surface area contributed by atoms with Gasteiger partial charge in [-0.3, -0.25) is 19.3 Å². The number of rotatable bonds is 5. The van der Waals surface area contributed by atoms with Crippen LogP contribution >= 0.6 is 0 Å². The van der Waals surface area contributed by atoms with E-state index in [1.807, 2.05) is 0 Å². The number of Topliss-reactive ketones (excluding diaryl/α,β-unsaturated/α-hetero) is 2. The van der Waals surface area contributed by atoms with Crippen LogP contribution < -0.4 is 11.1 Å². The molecule has 1 heterocycles. The molecule has 4 atom stereocenters. The number of phenols is 1. The molecule has 0 aromatic heterocycles. The largest absolute Gasteiger partial charge is 0.508 e. The molecule has 1 aromatic rings. The summed E-state index contributed by atoms with van der Waals surface area (Å²) in [5.74, 6) is -6.94. The van der Waals surface area contributed by atoms with Gasteiger partial charge >= 0.3 is 14.2 Å². The molecule has 4 aliphatic rings. The molecule has 3 amide bonds. The number of primary amides is 1. The number of carbonyl (C=O) groups is 4. The Labute approximate surface area is 254 Å². The Morgan fingerprint density at radius 3 is 2.39 bits per heavy atom. The molecule has 2 fully saturated rings. The topological polar surface area (TPSA) is 203 Å². The molecule has 1 aromatic carbocycles. The highest BCUT2D eigenvalue weighted by molar-refractivity contribution is 6.24. The molecule has 7 N–H and O–H groups in total. The summed E-state index contributed by atoms with van der Waals surface area (Å²) in [7, 11) is 6.10. The summed E-state index contributed by atoms with van der Waals surface area (Å²) >= 11 is 0. The first-order valence-corrected chi connectivity index (χ1v) is 14.2. The zero-order chi connectivity index (χ0) is 32.7. The number of aryl methyl sites for hydroxylation is 1. The minimum atomic E-state index is -2.70. The predicted octanol–water partition coefficient (Wildman–Crippen LogP) is 0.108. The summed E-state index contributed by atoms with van der Waals surface area (Å²) in [6.07, 6.45) is 0.518. The number of aliphatic hydroxyl groups is 3. The Bertz CT molecular complexity index is 1460. The van der Waals surface area contributed by atoms with Crippen LogP contribution in [0.25, 0.3) is 5.76 Å². The van der Waals surface area contributed by atoms with Crippen molar-refractivity contribution < 1.29 is 48.7 Å². The van der Waals surface area contributed by atoms with E-state index in [0.29, 0.717) is 49.4 Å². The number of urea groups is 1. The second-order valence-electron chi connectivity index (χ2n) is 11.5. The minimum Gasteiger partial charge on any atom is -0.508 e. The second-order valence-corrected chi connectivity index (χ2v) is 11.5. The van der Waals surface area contributed by atoms with Crippen LogP contribution in [0, 0.1) is 11.8 Å². The van der Waals surface area contributed by atoms with Crippen LogP contribution in [0.4, 0.5) is 9.11 Å². The highest BCUT2D eigenvalue weighted by Gasteiger charge is 2.64. The van der Waals surface area contributed by atoms with Crippen molar-refractivity contribution in [3.8, 4) is 5.75 Å². The van der Waals surface area contributed by atoms with Gasteiger partial charge < -0.3 is 45.4 Å². The van der Waals surface area contributed by atoms with Gasteiger partial charge in [-0.05, 0) is 56.0 Å². The van der Waals surface area contributed by atoms with Gasteiger partial charge in [0.25, 0.3) is 5.91 Å². The standard InChI is InChI=1S/C29H36N4O9.BF/c1-4-13-9-15(12-31-28(40)33-5-7-42-8-6-33)16-10-14-11-17-21(32(2)3)24(36)20(27(30)39)26(38)29(17,41)25(37)18(14)23(35)19(16)22(13)34;1-2/h9,14,17,21,34-35,38,41H,4-8,10-12H2,1-3H3,(H2,30,39)(H,31,40);/t14-,17-,21-,29-;/m0./s1. The number of aliphatic hydroxyl groups excluding tert-OH is 2. The second kappa shape index (κ2) is 12.6. The maximum atomic E-state index is 14.0. The van der Waals surface area contributed by atoms with E-state index in [4.69, 9.17) is 14.8 Å². The lowest BCUT2D eigenvalue weighted by atomic mass is 9.57. The molecule has 2 radical (unpaired) electrons. The number of nitrogens with one attached hydrogen (secondary N) is 1. The molecule has 5 rings (SSSR count). The van der Waals surface area contributed by atoms with Crippen molar-refractivity contribution in [1.82, 2.24) is 15.1 Å². The molecule has 13 nitrogen and oxygen atoms in total. The number of benzene rings is 1. The quantitative estimate of drug-likeness (QED) is 0.195. The number of likely N-dealkylation sites (N-methyl/N-ethyl adjacent to an activating group) is 1. The fraction of sp³-hybridized carbons (Fsp3) is 0.517. The van der Waals surface area contributed by atoms with Crippen molar-refractivity contribution in [2.45, 2.75) is 44.4 Å². The van der Waals surface area contributed by atoms with E-state index in [9.17, 15) is 39.6 Å². The highest BCUT2D eigenvalue weighted by Crippen LogP contribution is 2.53. The number of ether oxygens (including phenoxy) is 1. The molecule has 1 saturated carbocycles. The summed E-state index contributed by atoms with van der Waals surface area (Å²) in [4.78, 5) is 55.3. The van der Waals surface area contributed by atoms with Crippen LogP contribution in [0.1, 0.15) is 35.6 Å². The Kier molecular flexibility index (Phi) is 9.42. The summed E-state index contributed by atoms with van der Waals surface area (Å²) in [6.45, 7) is 3.68. The third kappa shape index (κ3) is 5.12. The molecular weight excluding hydrogens is 578 g/mol. The van der Waals surface area contributed by atoms with Gasteiger partial charge in [-0.2, -0.15) is 0 Å². The first kappa shape index (κ1) is 33.0. The summed E-state index contributed by atoms with van der Waals surface area (Å²) in [5.41, 5.74) is 3.26. The molecular formula is C29H36BFN4O9. The van der Waals surface area contributed by atoms with Gasteiger partial charge in [-0.25, -0.2) is 4.79 Å². The van der Waals surface area contributed by atoms with E-state index >= 15 is 0 Å². The molecule has 1 aliphatic heterocycles. The number of hydrogen-bond acceptors (Lipinski definition) is 10. The molecule has 1 saturated heterocycles. The van der Waals surface area contributed by atoms with E-state index in [-0.39, 0.29) is 42.3 Å². The highest BCUT2D eigenvalue weighted by atomic mass is 19.1. The number of amides is 3. The third-order valence-electron chi connectivity index (χ3n) is 9.00. The van der Waals surface area contributed by atoms with Crippen molar-refractivity contribution in [2.75, 3.05) is 40.4 Å². The molecule has 15 heteroatoms. The minimum absolute atomic E-state index is 0.0123. The van der Waals surface area contributed by atoms with E-state index < -0.39 is 58.0 Å². The number of halogens is 1. The number of fused-ring (bicyclic) bond motifs is 3. The summed E-state index contributed by atoms with van der Waals surface area (Å²) in [6, 6.07) is 0.313. The molecule has 3 aliphatic carbocycles. The SMILES string of the molecule is CCc1cc(CNC(=O)N2CCOCC2)c2c(c1O)C(O)=C1C(=O)[C@]3(O)C(O)=C(C(N)=O)C(=O)[C@@H](N(C)C)[C@@H]3C[C@@H]1C2.[B]F. The van der Waals surface area contributed by atoms with Crippen LogP contribution in [0.3, 0.4) is 0 Å². The number of nitrogens with two attached hydrogens (primary N) is 1. The maximum absolute atomic E-state index is 14.0. The average Bonchev–Trinajstić information content (AvgIpc) is 2.99. The van der Waals surface area contributed by atoms with Crippen LogP contribution in [0.5, 0.6) is 5.75 Å². The first-order valence-electron chi connectivity index (χ1n) is 14.2. The van der Waals surface area contributed by atoms with Gasteiger partial charge in [0.05, 0.1) is 24.8 Å². The van der Waals surface area contributed by atoms with E-state index in [1.165, 1.54) is 4.90 Å². The van der Waals surface area contributed by atoms with Gasteiger partial charge in [0, 0.05) is 31.1 Å². The van der Waals surface area contributed by atoms with Crippen LogP contribution in [-0.4, -0.2) is 114 Å². The molecule has 44 heavy (non-hydrogen) atoms. The number of ketones is 2. The number of nitrogens with zero attached hydrogens (tertiary/aromatic N) is 2. The lowest BCUT2D eigenvalue weighted by Crippen LogP contribution is -2.65. The fourth-order valence-electron chi connectivity index (χ4n) is 6.93. The maximum Gasteiger partial charge on any atom is 0.350 e. The van der Waals surface area contributed by atoms with Gasteiger partial charge in [0.15, 0.2) is 11.4 Å². The van der Waals surface area contributed by atoms with Crippen LogP contribution in [-0.2, 0) is 38.5 Å². The average molecular weight is 614 g/mol.